The minimum atomic E-state index is -0.653. The molecule has 4 heteroatoms. The van der Waals surface area contributed by atoms with Gasteiger partial charge in [-0.3, -0.25) is 9.80 Å². The largest absolute Gasteiger partial charge is 0.356 e. The van der Waals surface area contributed by atoms with Gasteiger partial charge in [0.15, 0.2) is 0 Å². The van der Waals surface area contributed by atoms with Gasteiger partial charge >= 0.3 is 0 Å². The molecule has 3 unspecified atom stereocenters. The van der Waals surface area contributed by atoms with E-state index in [4.69, 9.17) is 4.74 Å². The Morgan fingerprint density at radius 2 is 2.07 bits per heavy atom. The molecule has 2 heterocycles. The van der Waals surface area contributed by atoms with Crippen molar-refractivity contribution in [3.63, 3.8) is 0 Å². The van der Waals surface area contributed by atoms with Crippen molar-refractivity contribution in [3.8, 4) is 0 Å². The number of aliphatic hydroxyl groups is 1. The lowest BCUT2D eigenvalue weighted by Gasteiger charge is -2.17. The Hall–Kier alpha value is -0.160. The standard InChI is InChI=1S/C11H22N2O2/c1-9(2)10-8-13(10)5-3-4-12-6-7-15-11(12)14/h9-11,14H,3-8H2,1-2H3. The molecule has 2 saturated heterocycles. The molecule has 0 aromatic carbocycles. The summed E-state index contributed by atoms with van der Waals surface area (Å²) in [5, 5.41) is 9.40. The van der Waals surface area contributed by atoms with Crippen LogP contribution in [0.2, 0.25) is 0 Å². The molecule has 0 spiro atoms. The minimum absolute atomic E-state index is 0.653. The van der Waals surface area contributed by atoms with Crippen LogP contribution in [0.5, 0.6) is 0 Å². The molecule has 15 heavy (non-hydrogen) atoms. The fourth-order valence-electron chi connectivity index (χ4n) is 2.27. The van der Waals surface area contributed by atoms with Gasteiger partial charge in [-0.2, -0.15) is 0 Å². The summed E-state index contributed by atoms with van der Waals surface area (Å²) in [6.45, 7) is 9.46. The molecule has 0 radical (unpaired) electrons. The number of hydrogen-bond donors (Lipinski definition) is 1. The molecule has 0 saturated carbocycles. The van der Waals surface area contributed by atoms with Gasteiger partial charge in [-0.05, 0) is 18.9 Å². The van der Waals surface area contributed by atoms with Crippen molar-refractivity contribution < 1.29 is 9.84 Å². The Labute approximate surface area is 91.8 Å². The van der Waals surface area contributed by atoms with Gasteiger partial charge < -0.3 is 9.84 Å². The van der Waals surface area contributed by atoms with Gasteiger partial charge in [-0.1, -0.05) is 13.8 Å². The van der Waals surface area contributed by atoms with Gasteiger partial charge in [0, 0.05) is 25.7 Å². The fraction of sp³-hybridized carbons (Fsp3) is 1.00. The monoisotopic (exact) mass is 214 g/mol. The van der Waals surface area contributed by atoms with E-state index in [1.54, 1.807) is 0 Å². The first-order chi connectivity index (χ1) is 7.18. The summed E-state index contributed by atoms with van der Waals surface area (Å²) in [4.78, 5) is 4.50. The van der Waals surface area contributed by atoms with Crippen molar-refractivity contribution >= 4 is 0 Å². The molecule has 2 rings (SSSR count). The van der Waals surface area contributed by atoms with Crippen molar-refractivity contribution in [2.24, 2.45) is 5.92 Å². The van der Waals surface area contributed by atoms with Crippen LogP contribution in [-0.2, 0) is 4.74 Å². The molecule has 88 valence electrons. The van der Waals surface area contributed by atoms with Crippen molar-refractivity contribution in [3.05, 3.63) is 0 Å². The van der Waals surface area contributed by atoms with Crippen LogP contribution in [0.1, 0.15) is 20.3 Å². The van der Waals surface area contributed by atoms with Gasteiger partial charge in [0.05, 0.1) is 6.61 Å². The molecule has 2 aliphatic heterocycles. The zero-order valence-electron chi connectivity index (χ0n) is 9.72. The second-order valence-electron chi connectivity index (χ2n) is 4.89. The zero-order chi connectivity index (χ0) is 10.8. The second-order valence-corrected chi connectivity index (χ2v) is 4.89. The first-order valence-corrected chi connectivity index (χ1v) is 5.96. The smallest absolute Gasteiger partial charge is 0.216 e. The summed E-state index contributed by atoms with van der Waals surface area (Å²) in [7, 11) is 0. The first kappa shape index (κ1) is 11.3. The van der Waals surface area contributed by atoms with Crippen LogP contribution in [0.3, 0.4) is 0 Å². The van der Waals surface area contributed by atoms with Crippen LogP contribution in [-0.4, -0.2) is 60.1 Å². The molecule has 2 aliphatic rings. The van der Waals surface area contributed by atoms with Crippen LogP contribution in [0.4, 0.5) is 0 Å². The number of aliphatic hydroxyl groups excluding tert-OH is 1. The summed E-state index contributed by atoms with van der Waals surface area (Å²) < 4.78 is 5.07. The number of rotatable bonds is 5. The summed E-state index contributed by atoms with van der Waals surface area (Å²) in [6.07, 6.45) is 0.476. The minimum Gasteiger partial charge on any atom is -0.356 e. The predicted octanol–water partition coefficient (Wildman–Crippen LogP) is 0.325. The van der Waals surface area contributed by atoms with E-state index in [-0.39, 0.29) is 0 Å². The number of hydrogen-bond acceptors (Lipinski definition) is 4. The molecule has 1 N–H and O–H groups in total. The second kappa shape index (κ2) is 4.78. The molecular formula is C11H22N2O2. The summed E-state index contributed by atoms with van der Waals surface area (Å²) in [5.41, 5.74) is 0. The Balaban J connectivity index is 1.56. The first-order valence-electron chi connectivity index (χ1n) is 5.96. The van der Waals surface area contributed by atoms with E-state index in [0.29, 0.717) is 6.61 Å². The Morgan fingerprint density at radius 3 is 2.60 bits per heavy atom. The third kappa shape index (κ3) is 2.91. The highest BCUT2D eigenvalue weighted by atomic mass is 16.6. The molecule has 0 amide bonds. The van der Waals surface area contributed by atoms with E-state index in [0.717, 1.165) is 38.0 Å². The van der Waals surface area contributed by atoms with E-state index in [1.165, 1.54) is 6.54 Å². The molecule has 0 aromatic heterocycles. The van der Waals surface area contributed by atoms with Crippen LogP contribution in [0.25, 0.3) is 0 Å². The van der Waals surface area contributed by atoms with Gasteiger partial charge in [0.1, 0.15) is 0 Å². The lowest BCUT2D eigenvalue weighted by atomic mass is 10.1. The van der Waals surface area contributed by atoms with Crippen molar-refractivity contribution in [2.45, 2.75) is 32.7 Å². The highest BCUT2D eigenvalue weighted by Gasteiger charge is 2.35. The van der Waals surface area contributed by atoms with Crippen LogP contribution < -0.4 is 0 Å². The van der Waals surface area contributed by atoms with Crippen molar-refractivity contribution in [2.75, 3.05) is 32.8 Å². The molecular weight excluding hydrogens is 192 g/mol. The molecule has 0 aliphatic carbocycles. The Morgan fingerprint density at radius 1 is 1.33 bits per heavy atom. The lowest BCUT2D eigenvalue weighted by molar-refractivity contribution is -0.133. The maximum atomic E-state index is 9.40. The maximum Gasteiger partial charge on any atom is 0.216 e. The summed E-state index contributed by atoms with van der Waals surface area (Å²) >= 11 is 0. The van der Waals surface area contributed by atoms with E-state index < -0.39 is 6.41 Å². The Bertz CT molecular complexity index is 211. The third-order valence-corrected chi connectivity index (χ3v) is 3.37. The van der Waals surface area contributed by atoms with Crippen molar-refractivity contribution in [1.29, 1.82) is 0 Å². The topological polar surface area (TPSA) is 35.7 Å². The van der Waals surface area contributed by atoms with Gasteiger partial charge in [0.25, 0.3) is 0 Å². The molecule has 4 nitrogen and oxygen atoms in total. The van der Waals surface area contributed by atoms with E-state index in [1.807, 2.05) is 4.90 Å². The molecule has 0 bridgehead atoms. The van der Waals surface area contributed by atoms with Gasteiger partial charge in [0.2, 0.25) is 6.41 Å². The maximum absolute atomic E-state index is 9.40. The predicted molar refractivity (Wildman–Crippen MR) is 58.3 cm³/mol. The van der Waals surface area contributed by atoms with Crippen molar-refractivity contribution in [1.82, 2.24) is 9.80 Å². The van der Waals surface area contributed by atoms with E-state index in [2.05, 4.69) is 18.7 Å². The van der Waals surface area contributed by atoms with Gasteiger partial charge in [-0.25, -0.2) is 0 Å². The quantitative estimate of drug-likeness (QED) is 0.669. The number of nitrogens with zero attached hydrogens (tertiary/aromatic N) is 2. The average molecular weight is 214 g/mol. The fourth-order valence-corrected chi connectivity index (χ4v) is 2.27. The van der Waals surface area contributed by atoms with Crippen LogP contribution in [0, 0.1) is 5.92 Å². The molecule has 2 fully saturated rings. The summed E-state index contributed by atoms with van der Waals surface area (Å²) in [5.74, 6) is 0.783. The third-order valence-electron chi connectivity index (χ3n) is 3.37. The zero-order valence-corrected chi connectivity index (χ0v) is 9.72. The number of ether oxygens (including phenoxy) is 1. The van der Waals surface area contributed by atoms with Crippen LogP contribution >= 0.6 is 0 Å². The van der Waals surface area contributed by atoms with E-state index in [9.17, 15) is 5.11 Å². The van der Waals surface area contributed by atoms with E-state index >= 15 is 0 Å². The summed E-state index contributed by atoms with van der Waals surface area (Å²) in [6, 6.07) is 0.810. The lowest BCUT2D eigenvalue weighted by Crippen LogP contribution is -2.31. The average Bonchev–Trinajstić information content (AvgIpc) is 2.85. The Kier molecular flexibility index (Phi) is 3.61. The highest BCUT2D eigenvalue weighted by Crippen LogP contribution is 2.24. The van der Waals surface area contributed by atoms with Crippen LogP contribution in [0.15, 0.2) is 0 Å². The SMILES string of the molecule is CC(C)C1CN1CCCN1CCOC1O. The highest BCUT2D eigenvalue weighted by molar-refractivity contribution is 4.91. The molecule has 0 aromatic rings. The molecule has 3 atom stereocenters. The van der Waals surface area contributed by atoms with Gasteiger partial charge in [-0.15, -0.1) is 0 Å². The normalized spacial score (nSPS) is 36.4.